The summed E-state index contributed by atoms with van der Waals surface area (Å²) in [6.07, 6.45) is -7.30. The van der Waals surface area contributed by atoms with Crippen molar-refractivity contribution in [1.82, 2.24) is 9.80 Å². The molecule has 2 amide bonds. The van der Waals surface area contributed by atoms with Crippen LogP contribution in [-0.4, -0.2) is 64.0 Å². The van der Waals surface area contributed by atoms with Crippen LogP contribution < -0.4 is 0 Å². The second kappa shape index (κ2) is 12.6. The number of hydrogen-bond acceptors (Lipinski definition) is 5. The maximum atomic E-state index is 13.4. The first-order chi connectivity index (χ1) is 18.3. The molecule has 1 saturated heterocycles. The zero-order valence-corrected chi connectivity index (χ0v) is 22.9. The standard InChI is InChI=1S/C27H34F6N2O5/c1-7-19-12-20(13-21(14-22(36)8-2)35(19)24(38)40-25(3,4)5)34(23(37)39-6)15-16-9-17(26(28,29)30)11-18(10-16)27(31,32)33/h2,9-11,19-22,36H,7,12-15H2,1,3-6H3. The molecule has 1 N–H and O–H groups in total. The topological polar surface area (TPSA) is 79.3 Å². The molecule has 0 aliphatic carbocycles. The molecular formula is C27H34F6N2O5. The van der Waals surface area contributed by atoms with Crippen molar-refractivity contribution in [1.29, 1.82) is 0 Å². The Morgan fingerprint density at radius 3 is 2.02 bits per heavy atom. The first kappa shape index (κ1) is 33.1. The first-order valence-corrected chi connectivity index (χ1v) is 12.6. The Morgan fingerprint density at radius 2 is 1.60 bits per heavy atom. The van der Waals surface area contributed by atoms with E-state index in [1.807, 2.05) is 0 Å². The predicted octanol–water partition coefficient (Wildman–Crippen LogP) is 6.22. The lowest BCUT2D eigenvalue weighted by Gasteiger charge is -2.48. The van der Waals surface area contributed by atoms with Crippen molar-refractivity contribution in [3.8, 4) is 12.3 Å². The zero-order chi connectivity index (χ0) is 30.6. The highest BCUT2D eigenvalue weighted by Crippen LogP contribution is 2.38. The number of likely N-dealkylation sites (tertiary alicyclic amines) is 1. The Hall–Kier alpha value is -3.14. The lowest BCUT2D eigenvalue weighted by atomic mass is 9.86. The van der Waals surface area contributed by atoms with Crippen LogP contribution in [0.4, 0.5) is 35.9 Å². The average molecular weight is 581 g/mol. The van der Waals surface area contributed by atoms with E-state index in [0.29, 0.717) is 18.6 Å². The third-order valence-electron chi connectivity index (χ3n) is 6.49. The van der Waals surface area contributed by atoms with Gasteiger partial charge in [0.05, 0.1) is 18.2 Å². The van der Waals surface area contributed by atoms with Crippen LogP contribution in [0.25, 0.3) is 0 Å². The number of nitrogens with zero attached hydrogens (tertiary/aromatic N) is 2. The van der Waals surface area contributed by atoms with Crippen LogP contribution in [0.1, 0.15) is 70.1 Å². The van der Waals surface area contributed by atoms with Crippen LogP contribution in [0.3, 0.4) is 0 Å². The molecule has 13 heteroatoms. The minimum Gasteiger partial charge on any atom is -0.453 e. The molecule has 7 nitrogen and oxygen atoms in total. The fraction of sp³-hybridized carbons (Fsp3) is 0.630. The molecule has 0 saturated carbocycles. The number of carbonyl (C=O) groups excluding carboxylic acids is 2. The van der Waals surface area contributed by atoms with Gasteiger partial charge < -0.3 is 24.4 Å². The molecule has 0 bridgehead atoms. The number of rotatable bonds is 6. The van der Waals surface area contributed by atoms with Crippen molar-refractivity contribution in [2.24, 2.45) is 0 Å². The van der Waals surface area contributed by atoms with E-state index >= 15 is 0 Å². The number of amides is 2. The Morgan fingerprint density at radius 1 is 1.07 bits per heavy atom. The summed E-state index contributed by atoms with van der Waals surface area (Å²) in [5.74, 6) is 2.17. The van der Waals surface area contributed by atoms with E-state index in [0.717, 1.165) is 12.0 Å². The summed E-state index contributed by atoms with van der Waals surface area (Å²) >= 11 is 0. The van der Waals surface area contributed by atoms with Gasteiger partial charge in [-0.2, -0.15) is 26.3 Å². The number of alkyl halides is 6. The fourth-order valence-electron chi connectivity index (χ4n) is 4.78. The van der Waals surface area contributed by atoms with Crippen LogP contribution >= 0.6 is 0 Å². The summed E-state index contributed by atoms with van der Waals surface area (Å²) in [5, 5.41) is 10.2. The Kier molecular flexibility index (Phi) is 10.4. The number of halogens is 6. The minimum absolute atomic E-state index is 0.00860. The van der Waals surface area contributed by atoms with E-state index in [2.05, 4.69) is 5.92 Å². The van der Waals surface area contributed by atoms with Crippen molar-refractivity contribution in [3.63, 3.8) is 0 Å². The number of aliphatic hydroxyl groups excluding tert-OH is 1. The molecule has 0 spiro atoms. The molecule has 1 aliphatic heterocycles. The number of aliphatic hydroxyl groups is 1. The SMILES string of the molecule is C#CC(O)CC1CC(N(Cc2cc(C(F)(F)F)cc(C(F)(F)F)c2)C(=O)OC)CC(CC)N1C(=O)OC(C)(C)C. The van der Waals surface area contributed by atoms with E-state index in [9.17, 15) is 41.0 Å². The predicted molar refractivity (Wildman–Crippen MR) is 133 cm³/mol. The molecule has 0 aromatic heterocycles. The van der Waals surface area contributed by atoms with Crippen molar-refractivity contribution in [2.75, 3.05) is 7.11 Å². The van der Waals surface area contributed by atoms with Crippen LogP contribution in [0.5, 0.6) is 0 Å². The maximum absolute atomic E-state index is 13.4. The fourth-order valence-corrected chi connectivity index (χ4v) is 4.78. The number of carbonyl (C=O) groups is 2. The summed E-state index contributed by atoms with van der Waals surface area (Å²) < 4.78 is 91.0. The summed E-state index contributed by atoms with van der Waals surface area (Å²) in [6.45, 7) is 6.16. The minimum atomic E-state index is -5.06. The van der Waals surface area contributed by atoms with Gasteiger partial charge in [0, 0.05) is 31.1 Å². The Labute approximate surface area is 229 Å². The van der Waals surface area contributed by atoms with Gasteiger partial charge in [-0.25, -0.2) is 9.59 Å². The molecule has 4 atom stereocenters. The van der Waals surface area contributed by atoms with Gasteiger partial charge in [-0.3, -0.25) is 0 Å². The molecule has 4 unspecified atom stereocenters. The van der Waals surface area contributed by atoms with Gasteiger partial charge >= 0.3 is 24.5 Å². The third-order valence-corrected chi connectivity index (χ3v) is 6.49. The number of terminal acetylenes is 1. The Balaban J connectivity index is 2.53. The van der Waals surface area contributed by atoms with Crippen LogP contribution in [-0.2, 0) is 28.4 Å². The van der Waals surface area contributed by atoms with Gasteiger partial charge in [0.15, 0.2) is 0 Å². The van der Waals surface area contributed by atoms with Crippen LogP contribution in [0.15, 0.2) is 18.2 Å². The quantitative estimate of drug-likeness (QED) is 0.319. The number of methoxy groups -OCH3 is 1. The number of benzene rings is 1. The largest absolute Gasteiger partial charge is 0.453 e. The molecule has 0 radical (unpaired) electrons. The zero-order valence-electron chi connectivity index (χ0n) is 22.9. The third kappa shape index (κ3) is 8.68. The van der Waals surface area contributed by atoms with Crippen molar-refractivity contribution >= 4 is 12.2 Å². The van der Waals surface area contributed by atoms with Gasteiger partial charge in [-0.05, 0) is 63.8 Å². The monoisotopic (exact) mass is 580 g/mol. The van der Waals surface area contributed by atoms with E-state index < -0.39 is 77.6 Å². The number of piperidine rings is 1. The van der Waals surface area contributed by atoms with Crippen molar-refractivity contribution < 1.29 is 50.5 Å². The maximum Gasteiger partial charge on any atom is 0.416 e. The van der Waals surface area contributed by atoms with Gasteiger partial charge in [-0.15, -0.1) is 6.42 Å². The smallest absolute Gasteiger partial charge is 0.416 e. The molecule has 2 rings (SSSR count). The molecule has 40 heavy (non-hydrogen) atoms. The summed E-state index contributed by atoms with van der Waals surface area (Å²) in [5.41, 5.74) is -4.28. The number of ether oxygens (including phenoxy) is 2. The second-order valence-corrected chi connectivity index (χ2v) is 10.7. The van der Waals surface area contributed by atoms with Crippen LogP contribution in [0.2, 0.25) is 0 Å². The molecule has 1 aromatic rings. The molecule has 1 aromatic carbocycles. The lowest BCUT2D eigenvalue weighted by molar-refractivity contribution is -0.143. The lowest BCUT2D eigenvalue weighted by Crippen LogP contribution is -2.58. The molecule has 1 aliphatic rings. The highest BCUT2D eigenvalue weighted by molar-refractivity contribution is 5.70. The van der Waals surface area contributed by atoms with Gasteiger partial charge in [0.1, 0.15) is 11.7 Å². The Bertz CT molecular complexity index is 1060. The van der Waals surface area contributed by atoms with Crippen LogP contribution in [0, 0.1) is 12.3 Å². The highest BCUT2D eigenvalue weighted by Gasteiger charge is 2.44. The highest BCUT2D eigenvalue weighted by atomic mass is 19.4. The molecule has 1 heterocycles. The van der Waals surface area contributed by atoms with E-state index in [4.69, 9.17) is 15.9 Å². The van der Waals surface area contributed by atoms with Gasteiger partial charge in [0.2, 0.25) is 0 Å². The summed E-state index contributed by atoms with van der Waals surface area (Å²) in [6, 6.07) is -0.979. The summed E-state index contributed by atoms with van der Waals surface area (Å²) in [7, 11) is 1.04. The molecule has 1 fully saturated rings. The van der Waals surface area contributed by atoms with Gasteiger partial charge in [-0.1, -0.05) is 12.8 Å². The van der Waals surface area contributed by atoms with Crippen molar-refractivity contribution in [2.45, 2.75) is 102 Å². The normalized spacial score (nSPS) is 20.9. The average Bonchev–Trinajstić information content (AvgIpc) is 2.83. The number of hydrogen-bond donors (Lipinski definition) is 1. The van der Waals surface area contributed by atoms with E-state index in [-0.39, 0.29) is 25.3 Å². The van der Waals surface area contributed by atoms with Crippen molar-refractivity contribution in [3.05, 3.63) is 34.9 Å². The van der Waals surface area contributed by atoms with E-state index in [1.165, 1.54) is 4.90 Å². The van der Waals surface area contributed by atoms with E-state index in [1.54, 1.807) is 27.7 Å². The first-order valence-electron chi connectivity index (χ1n) is 12.6. The summed E-state index contributed by atoms with van der Waals surface area (Å²) in [4.78, 5) is 28.4. The molecular weight excluding hydrogens is 546 g/mol. The molecule has 224 valence electrons. The van der Waals surface area contributed by atoms with Gasteiger partial charge in [0.25, 0.3) is 0 Å². The second-order valence-electron chi connectivity index (χ2n) is 10.7.